The van der Waals surface area contributed by atoms with Crippen LogP contribution in [0.3, 0.4) is 0 Å². The highest BCUT2D eigenvalue weighted by Gasteiger charge is 2.27. The smallest absolute Gasteiger partial charge is 0.291 e. The predicted molar refractivity (Wildman–Crippen MR) is 119 cm³/mol. The van der Waals surface area contributed by atoms with Gasteiger partial charge in [-0.2, -0.15) is 11.8 Å². The normalized spacial score (nSPS) is 18.7. The standard InChI is InChI=1S/C21H30N6OS/c1-14(2)25-5-7-27(8-6-25)21(28)19-23-18-17(15(3)13-16(4)22-18)20(24-19)26-9-11-29-12-10-26/h13-14H,5-12H2,1-4H3. The van der Waals surface area contributed by atoms with Crippen LogP contribution >= 0.6 is 11.8 Å². The number of hydrogen-bond donors (Lipinski definition) is 0. The van der Waals surface area contributed by atoms with Crippen molar-refractivity contribution >= 4 is 34.5 Å². The lowest BCUT2D eigenvalue weighted by Gasteiger charge is -2.36. The van der Waals surface area contributed by atoms with Gasteiger partial charge >= 0.3 is 0 Å². The van der Waals surface area contributed by atoms with Crippen molar-refractivity contribution in [3.8, 4) is 0 Å². The summed E-state index contributed by atoms with van der Waals surface area (Å²) in [5.41, 5.74) is 2.66. The van der Waals surface area contributed by atoms with E-state index in [9.17, 15) is 4.79 Å². The summed E-state index contributed by atoms with van der Waals surface area (Å²) in [6, 6.07) is 2.57. The largest absolute Gasteiger partial charge is 0.354 e. The van der Waals surface area contributed by atoms with Crippen LogP contribution in [0.1, 0.15) is 35.7 Å². The minimum Gasteiger partial charge on any atom is -0.354 e. The molecular formula is C21H30N6OS. The van der Waals surface area contributed by atoms with E-state index in [-0.39, 0.29) is 11.7 Å². The molecule has 0 bridgehead atoms. The van der Waals surface area contributed by atoms with Crippen LogP contribution in [-0.4, -0.2) is 87.5 Å². The van der Waals surface area contributed by atoms with E-state index in [1.165, 1.54) is 0 Å². The number of piperazine rings is 1. The van der Waals surface area contributed by atoms with Crippen molar-refractivity contribution in [1.82, 2.24) is 24.8 Å². The number of nitrogens with zero attached hydrogens (tertiary/aromatic N) is 6. The molecule has 7 nitrogen and oxygen atoms in total. The van der Waals surface area contributed by atoms with Gasteiger partial charge in [-0.3, -0.25) is 9.69 Å². The monoisotopic (exact) mass is 414 g/mol. The van der Waals surface area contributed by atoms with Crippen molar-refractivity contribution in [1.29, 1.82) is 0 Å². The molecule has 1 amide bonds. The Morgan fingerprint density at radius 2 is 1.69 bits per heavy atom. The van der Waals surface area contributed by atoms with Gasteiger partial charge in [0.25, 0.3) is 5.91 Å². The maximum Gasteiger partial charge on any atom is 0.291 e. The maximum atomic E-state index is 13.3. The van der Waals surface area contributed by atoms with Gasteiger partial charge in [-0.25, -0.2) is 15.0 Å². The number of aryl methyl sites for hydroxylation is 2. The summed E-state index contributed by atoms with van der Waals surface area (Å²) < 4.78 is 0. The second kappa shape index (κ2) is 8.44. The van der Waals surface area contributed by atoms with Gasteiger partial charge in [0.1, 0.15) is 5.82 Å². The number of pyridine rings is 1. The zero-order valence-electron chi connectivity index (χ0n) is 17.8. The highest BCUT2D eigenvalue weighted by atomic mass is 32.2. The Balaban J connectivity index is 1.70. The van der Waals surface area contributed by atoms with Gasteiger partial charge in [-0.1, -0.05) is 0 Å². The number of carbonyl (C=O) groups excluding carboxylic acids is 1. The van der Waals surface area contributed by atoms with Crippen molar-refractivity contribution in [3.05, 3.63) is 23.1 Å². The molecule has 0 spiro atoms. The van der Waals surface area contributed by atoms with E-state index >= 15 is 0 Å². The molecule has 0 aromatic carbocycles. The molecule has 0 unspecified atom stereocenters. The molecule has 0 atom stereocenters. The SMILES string of the molecule is Cc1cc(C)c2c(N3CCSCC3)nc(C(=O)N3CCN(C(C)C)CC3)nc2n1. The third kappa shape index (κ3) is 4.19. The summed E-state index contributed by atoms with van der Waals surface area (Å²) in [4.78, 5) is 33.9. The molecule has 2 aromatic heterocycles. The third-order valence-electron chi connectivity index (χ3n) is 5.81. The van der Waals surface area contributed by atoms with Crippen molar-refractivity contribution in [2.24, 2.45) is 0 Å². The maximum absolute atomic E-state index is 13.3. The quantitative estimate of drug-likeness (QED) is 0.764. The minimum absolute atomic E-state index is 0.0797. The molecule has 2 aliphatic heterocycles. The Morgan fingerprint density at radius 1 is 1.00 bits per heavy atom. The van der Waals surface area contributed by atoms with Crippen LogP contribution in [0, 0.1) is 13.8 Å². The number of thioether (sulfide) groups is 1. The van der Waals surface area contributed by atoms with E-state index in [4.69, 9.17) is 4.98 Å². The molecule has 156 valence electrons. The zero-order chi connectivity index (χ0) is 20.5. The Hall–Kier alpha value is -1.93. The number of aromatic nitrogens is 3. The second-order valence-corrected chi connectivity index (χ2v) is 9.40. The van der Waals surface area contributed by atoms with E-state index in [1.807, 2.05) is 23.6 Å². The Morgan fingerprint density at radius 3 is 2.34 bits per heavy atom. The lowest BCUT2D eigenvalue weighted by molar-refractivity contribution is 0.0584. The van der Waals surface area contributed by atoms with Crippen LogP contribution < -0.4 is 4.90 Å². The molecule has 0 aliphatic carbocycles. The summed E-state index contributed by atoms with van der Waals surface area (Å²) in [5, 5.41) is 0.976. The van der Waals surface area contributed by atoms with Crippen molar-refractivity contribution in [3.63, 3.8) is 0 Å². The molecule has 2 aromatic rings. The fourth-order valence-corrected chi connectivity index (χ4v) is 5.04. The topological polar surface area (TPSA) is 65.5 Å². The summed E-state index contributed by atoms with van der Waals surface area (Å²) >= 11 is 1.96. The molecular weight excluding hydrogens is 384 g/mol. The van der Waals surface area contributed by atoms with Crippen molar-refractivity contribution < 1.29 is 4.79 Å². The average molecular weight is 415 g/mol. The molecule has 2 fully saturated rings. The molecule has 4 rings (SSSR count). The van der Waals surface area contributed by atoms with E-state index < -0.39 is 0 Å². The number of anilines is 1. The van der Waals surface area contributed by atoms with Crippen LogP contribution in [0.25, 0.3) is 11.0 Å². The number of amides is 1. The van der Waals surface area contributed by atoms with Crippen LogP contribution in [0.2, 0.25) is 0 Å². The van der Waals surface area contributed by atoms with E-state index in [0.29, 0.717) is 24.8 Å². The first kappa shape index (κ1) is 20.3. The molecule has 29 heavy (non-hydrogen) atoms. The molecule has 2 aliphatic rings. The zero-order valence-corrected chi connectivity index (χ0v) is 18.6. The molecule has 0 N–H and O–H groups in total. The summed E-state index contributed by atoms with van der Waals surface area (Å²) in [5.74, 6) is 3.21. The van der Waals surface area contributed by atoms with Gasteiger partial charge in [-0.15, -0.1) is 0 Å². The van der Waals surface area contributed by atoms with Crippen LogP contribution in [-0.2, 0) is 0 Å². The molecule has 2 saturated heterocycles. The molecule has 8 heteroatoms. The number of hydrogen-bond acceptors (Lipinski definition) is 7. The molecule has 4 heterocycles. The summed E-state index contributed by atoms with van der Waals surface area (Å²) in [6.45, 7) is 13.5. The first-order chi connectivity index (χ1) is 13.9. The van der Waals surface area contributed by atoms with Gasteiger partial charge in [0, 0.05) is 62.5 Å². The van der Waals surface area contributed by atoms with Gasteiger partial charge < -0.3 is 9.80 Å². The summed E-state index contributed by atoms with van der Waals surface area (Å²) in [6.07, 6.45) is 0. The predicted octanol–water partition coefficient (Wildman–Crippen LogP) is 2.36. The van der Waals surface area contributed by atoms with Crippen LogP contribution in [0.15, 0.2) is 6.07 Å². The lowest BCUT2D eigenvalue weighted by Crippen LogP contribution is -2.51. The number of fused-ring (bicyclic) bond motifs is 1. The van der Waals surface area contributed by atoms with Crippen LogP contribution in [0.5, 0.6) is 0 Å². The minimum atomic E-state index is -0.0797. The summed E-state index contributed by atoms with van der Waals surface area (Å²) in [7, 11) is 0. The van der Waals surface area contributed by atoms with Gasteiger partial charge in [0.15, 0.2) is 5.65 Å². The number of rotatable bonds is 3. The fraction of sp³-hybridized carbons (Fsp3) is 0.619. The highest BCUT2D eigenvalue weighted by Crippen LogP contribution is 2.29. The fourth-order valence-electron chi connectivity index (χ4n) is 4.14. The highest BCUT2D eigenvalue weighted by molar-refractivity contribution is 7.99. The average Bonchev–Trinajstić information content (AvgIpc) is 2.72. The van der Waals surface area contributed by atoms with Gasteiger partial charge in [0.2, 0.25) is 5.82 Å². The van der Waals surface area contributed by atoms with E-state index in [1.54, 1.807) is 0 Å². The first-order valence-electron chi connectivity index (χ1n) is 10.5. The van der Waals surface area contributed by atoms with Crippen LogP contribution in [0.4, 0.5) is 5.82 Å². The van der Waals surface area contributed by atoms with Crippen molar-refractivity contribution in [2.75, 3.05) is 55.7 Å². The number of carbonyl (C=O) groups is 1. The van der Waals surface area contributed by atoms with E-state index in [2.05, 4.69) is 46.6 Å². The Labute approximate surface area is 176 Å². The van der Waals surface area contributed by atoms with Gasteiger partial charge in [-0.05, 0) is 39.3 Å². The molecule has 0 saturated carbocycles. The lowest BCUT2D eigenvalue weighted by atomic mass is 10.1. The van der Waals surface area contributed by atoms with E-state index in [0.717, 1.165) is 60.1 Å². The van der Waals surface area contributed by atoms with Gasteiger partial charge in [0.05, 0.1) is 5.39 Å². The Bertz CT molecular complexity index is 904. The molecule has 0 radical (unpaired) electrons. The third-order valence-corrected chi connectivity index (χ3v) is 6.75. The second-order valence-electron chi connectivity index (χ2n) is 8.17. The van der Waals surface area contributed by atoms with Crippen molar-refractivity contribution in [2.45, 2.75) is 33.7 Å². The first-order valence-corrected chi connectivity index (χ1v) is 11.6. The Kier molecular flexibility index (Phi) is 5.92.